The first-order valence-electron chi connectivity index (χ1n) is 8.25. The summed E-state index contributed by atoms with van der Waals surface area (Å²) < 4.78 is 31.1. The van der Waals surface area contributed by atoms with Gasteiger partial charge in [-0.25, -0.2) is 8.42 Å². The van der Waals surface area contributed by atoms with Gasteiger partial charge in [-0.15, -0.1) is 11.3 Å². The number of hydrogen-bond acceptors (Lipinski definition) is 7. The lowest BCUT2D eigenvalue weighted by molar-refractivity contribution is -0.139. The van der Waals surface area contributed by atoms with Crippen molar-refractivity contribution in [2.45, 2.75) is 16.0 Å². The van der Waals surface area contributed by atoms with Gasteiger partial charge in [-0.1, -0.05) is 12.1 Å². The van der Waals surface area contributed by atoms with Crippen LogP contribution in [0.25, 0.3) is 0 Å². The van der Waals surface area contributed by atoms with E-state index in [9.17, 15) is 18.0 Å². The highest BCUT2D eigenvalue weighted by molar-refractivity contribution is 7.93. The quantitative estimate of drug-likeness (QED) is 0.563. The van der Waals surface area contributed by atoms with Crippen molar-refractivity contribution >= 4 is 33.0 Å². The summed E-state index contributed by atoms with van der Waals surface area (Å²) in [5, 5.41) is 5.31. The fraction of sp³-hybridized carbons (Fsp3) is 0.167. The number of carbonyl (C=O) groups excluding carboxylic acids is 2. The number of furan rings is 1. The van der Waals surface area contributed by atoms with E-state index in [2.05, 4.69) is 15.6 Å². The third-order valence-corrected chi connectivity index (χ3v) is 7.31. The number of aromatic nitrogens is 1. The number of pyridine rings is 1. The molecular weight excluding hydrogens is 402 g/mol. The topological polar surface area (TPSA) is 118 Å². The average molecular weight is 419 g/mol. The van der Waals surface area contributed by atoms with Crippen LogP contribution in [0, 0.1) is 0 Å². The second-order valence-corrected chi connectivity index (χ2v) is 9.00. The van der Waals surface area contributed by atoms with Crippen molar-refractivity contribution in [1.82, 2.24) is 15.6 Å². The molecule has 0 saturated carbocycles. The summed E-state index contributed by atoms with van der Waals surface area (Å²) in [7, 11) is -3.79. The molecule has 0 spiro atoms. The number of carbonyl (C=O) groups is 2. The maximum atomic E-state index is 12.9. The molecule has 146 valence electrons. The molecule has 0 radical (unpaired) electrons. The van der Waals surface area contributed by atoms with Crippen LogP contribution in [0.1, 0.15) is 16.7 Å². The highest BCUT2D eigenvalue weighted by Crippen LogP contribution is 2.31. The maximum Gasteiger partial charge on any atom is 0.309 e. The molecule has 0 aliphatic carbocycles. The van der Waals surface area contributed by atoms with Crippen LogP contribution in [0.2, 0.25) is 0 Å². The molecule has 0 aliphatic heterocycles. The zero-order valence-corrected chi connectivity index (χ0v) is 16.2. The van der Waals surface area contributed by atoms with E-state index in [1.165, 1.54) is 18.4 Å². The summed E-state index contributed by atoms with van der Waals surface area (Å²) in [6.07, 6.45) is 2.93. The van der Waals surface area contributed by atoms with Gasteiger partial charge in [0.25, 0.3) is 0 Å². The molecule has 2 N–H and O–H groups in total. The van der Waals surface area contributed by atoms with Crippen molar-refractivity contribution < 1.29 is 22.4 Å². The SMILES string of the molecule is O=C(NCc1ccccn1)C(=O)NC[C@@H](c1ccco1)S(=O)(=O)c1cccs1. The van der Waals surface area contributed by atoms with Crippen LogP contribution in [0.5, 0.6) is 0 Å². The summed E-state index contributed by atoms with van der Waals surface area (Å²) in [5.74, 6) is -1.63. The molecule has 1 atom stereocenters. The standard InChI is InChI=1S/C18H17N3O5S2/c22-17(20-11-13-5-1-2-8-19-13)18(23)21-12-15(14-6-3-9-26-14)28(24,25)16-7-4-10-27-16/h1-10,15H,11-12H2,(H,20,22)(H,21,23)/t15-/m0/s1. The Bertz CT molecular complexity index is 1020. The minimum absolute atomic E-state index is 0.0855. The number of hydrogen-bond donors (Lipinski definition) is 2. The van der Waals surface area contributed by atoms with Crippen molar-refractivity contribution in [1.29, 1.82) is 0 Å². The summed E-state index contributed by atoms with van der Waals surface area (Å²) in [6, 6.07) is 11.4. The van der Waals surface area contributed by atoms with Crippen LogP contribution < -0.4 is 10.6 Å². The minimum atomic E-state index is -3.79. The van der Waals surface area contributed by atoms with Gasteiger partial charge in [0, 0.05) is 12.7 Å². The molecule has 0 unspecified atom stereocenters. The molecule has 2 amide bonds. The van der Waals surface area contributed by atoms with Gasteiger partial charge < -0.3 is 15.1 Å². The molecule has 10 heteroatoms. The smallest absolute Gasteiger partial charge is 0.309 e. The summed E-state index contributed by atoms with van der Waals surface area (Å²) >= 11 is 1.07. The Morgan fingerprint density at radius 2 is 1.89 bits per heavy atom. The first-order valence-corrected chi connectivity index (χ1v) is 10.7. The largest absolute Gasteiger partial charge is 0.468 e. The van der Waals surface area contributed by atoms with Crippen molar-refractivity contribution in [3.63, 3.8) is 0 Å². The Morgan fingerprint density at radius 1 is 1.07 bits per heavy atom. The van der Waals surface area contributed by atoms with Crippen molar-refractivity contribution in [3.05, 3.63) is 71.8 Å². The van der Waals surface area contributed by atoms with Crippen molar-refractivity contribution in [3.8, 4) is 0 Å². The molecule has 0 bridgehead atoms. The fourth-order valence-corrected chi connectivity index (χ4v) is 5.21. The van der Waals surface area contributed by atoms with E-state index in [-0.39, 0.29) is 23.1 Å². The molecule has 8 nitrogen and oxygen atoms in total. The Labute approximate surface area is 165 Å². The number of sulfone groups is 1. The molecule has 0 aliphatic rings. The number of rotatable bonds is 7. The Hall–Kier alpha value is -2.98. The van der Waals surface area contributed by atoms with E-state index < -0.39 is 26.9 Å². The van der Waals surface area contributed by atoms with Crippen LogP contribution in [-0.2, 0) is 26.0 Å². The summed E-state index contributed by atoms with van der Waals surface area (Å²) in [6.45, 7) is -0.216. The molecule has 0 saturated heterocycles. The Balaban J connectivity index is 1.65. The van der Waals surface area contributed by atoms with Gasteiger partial charge in [0.15, 0.2) is 9.84 Å². The van der Waals surface area contributed by atoms with Gasteiger partial charge in [-0.3, -0.25) is 14.6 Å². The fourth-order valence-electron chi connectivity index (χ4n) is 2.42. The predicted molar refractivity (Wildman–Crippen MR) is 102 cm³/mol. The molecule has 3 aromatic rings. The molecule has 0 fully saturated rings. The van der Waals surface area contributed by atoms with Crippen molar-refractivity contribution in [2.24, 2.45) is 0 Å². The average Bonchev–Trinajstić information content (AvgIpc) is 3.41. The summed E-state index contributed by atoms with van der Waals surface area (Å²) in [4.78, 5) is 28.1. The zero-order chi connectivity index (χ0) is 20.0. The van der Waals surface area contributed by atoms with Gasteiger partial charge >= 0.3 is 11.8 Å². The summed E-state index contributed by atoms with van der Waals surface area (Å²) in [5.41, 5.74) is 0.595. The zero-order valence-electron chi connectivity index (χ0n) is 14.6. The van der Waals surface area contributed by atoms with Gasteiger partial charge in [-0.05, 0) is 35.7 Å². The van der Waals surface area contributed by atoms with Crippen LogP contribution in [0.3, 0.4) is 0 Å². The Morgan fingerprint density at radius 3 is 2.54 bits per heavy atom. The molecule has 3 rings (SSSR count). The van der Waals surface area contributed by atoms with Crippen LogP contribution >= 0.6 is 11.3 Å². The lowest BCUT2D eigenvalue weighted by Gasteiger charge is -2.15. The first kappa shape index (κ1) is 19.8. The number of thiophene rings is 1. The van der Waals surface area contributed by atoms with E-state index in [0.29, 0.717) is 5.69 Å². The van der Waals surface area contributed by atoms with Crippen LogP contribution in [0.4, 0.5) is 0 Å². The molecule has 28 heavy (non-hydrogen) atoms. The number of amides is 2. The monoisotopic (exact) mass is 419 g/mol. The van der Waals surface area contributed by atoms with Crippen LogP contribution in [0.15, 0.2) is 68.9 Å². The predicted octanol–water partition coefficient (Wildman–Crippen LogP) is 1.68. The molecule has 3 heterocycles. The molecule has 0 aromatic carbocycles. The van der Waals surface area contributed by atoms with Crippen molar-refractivity contribution in [2.75, 3.05) is 6.54 Å². The normalized spacial score (nSPS) is 12.3. The van der Waals surface area contributed by atoms with Gasteiger partial charge in [0.1, 0.15) is 15.2 Å². The van der Waals surface area contributed by atoms with E-state index in [0.717, 1.165) is 11.3 Å². The maximum absolute atomic E-state index is 12.9. The van der Waals surface area contributed by atoms with E-state index in [1.807, 2.05) is 0 Å². The molecular formula is C18H17N3O5S2. The van der Waals surface area contributed by atoms with E-state index in [1.54, 1.807) is 41.9 Å². The highest BCUT2D eigenvalue weighted by Gasteiger charge is 2.33. The lowest BCUT2D eigenvalue weighted by Crippen LogP contribution is -2.42. The third kappa shape index (κ3) is 4.65. The molecule has 3 aromatic heterocycles. The van der Waals surface area contributed by atoms with E-state index >= 15 is 0 Å². The highest BCUT2D eigenvalue weighted by atomic mass is 32.2. The number of nitrogens with one attached hydrogen (secondary N) is 2. The second kappa shape index (κ2) is 8.81. The lowest BCUT2D eigenvalue weighted by atomic mass is 10.3. The van der Waals surface area contributed by atoms with Gasteiger partial charge in [0.05, 0.1) is 18.5 Å². The number of nitrogens with zero attached hydrogens (tertiary/aromatic N) is 1. The minimum Gasteiger partial charge on any atom is -0.468 e. The van der Waals surface area contributed by atoms with Gasteiger partial charge in [-0.2, -0.15) is 0 Å². The first-order chi connectivity index (χ1) is 13.5. The van der Waals surface area contributed by atoms with Crippen LogP contribution in [-0.4, -0.2) is 31.8 Å². The second-order valence-electron chi connectivity index (χ2n) is 5.69. The van der Waals surface area contributed by atoms with Gasteiger partial charge in [0.2, 0.25) is 0 Å². The Kier molecular flexibility index (Phi) is 6.22. The third-order valence-electron chi connectivity index (χ3n) is 3.82. The van der Waals surface area contributed by atoms with E-state index in [4.69, 9.17) is 4.42 Å².